The lowest BCUT2D eigenvalue weighted by molar-refractivity contribution is -0.177. The van der Waals surface area contributed by atoms with Crippen LogP contribution in [0.25, 0.3) is 0 Å². The molecule has 0 saturated heterocycles. The molecule has 38 heavy (non-hydrogen) atoms. The Morgan fingerprint density at radius 1 is 1.05 bits per heavy atom. The van der Waals surface area contributed by atoms with Crippen molar-refractivity contribution < 1.29 is 9.53 Å². The van der Waals surface area contributed by atoms with Crippen molar-refractivity contribution in [3.05, 3.63) is 23.3 Å². The van der Waals surface area contributed by atoms with Crippen LogP contribution in [0.5, 0.6) is 0 Å². The summed E-state index contributed by atoms with van der Waals surface area (Å²) in [5.74, 6) is 2.94. The zero-order valence-corrected chi connectivity index (χ0v) is 26.6. The Morgan fingerprint density at radius 2 is 1.79 bits per heavy atom. The van der Waals surface area contributed by atoms with Crippen LogP contribution in [0.15, 0.2) is 23.3 Å². The minimum absolute atomic E-state index is 0.0226. The van der Waals surface area contributed by atoms with Crippen molar-refractivity contribution in [1.29, 1.82) is 0 Å². The van der Waals surface area contributed by atoms with Gasteiger partial charge in [-0.1, -0.05) is 84.6 Å². The first-order valence-corrected chi connectivity index (χ1v) is 16.3. The number of rotatable bonds is 9. The van der Waals surface area contributed by atoms with Gasteiger partial charge in [0.15, 0.2) is 0 Å². The van der Waals surface area contributed by atoms with E-state index in [0.717, 1.165) is 43.9 Å². The molecule has 3 saturated carbocycles. The zero-order chi connectivity index (χ0) is 27.9. The Balaban J connectivity index is 1.53. The third-order valence-electron chi connectivity index (χ3n) is 13.0. The Hall–Kier alpha value is -1.05. The van der Waals surface area contributed by atoms with Crippen molar-refractivity contribution >= 4 is 5.97 Å². The third-order valence-corrected chi connectivity index (χ3v) is 13.0. The predicted molar refractivity (Wildman–Crippen MR) is 161 cm³/mol. The van der Waals surface area contributed by atoms with Gasteiger partial charge in [-0.25, -0.2) is 0 Å². The molecular formula is C36H60O2. The second kappa shape index (κ2) is 11.1. The summed E-state index contributed by atoms with van der Waals surface area (Å²) in [5, 5.41) is 0. The fourth-order valence-corrected chi connectivity index (χ4v) is 10.4. The molecular weight excluding hydrogens is 464 g/mol. The second-order valence-electron chi connectivity index (χ2n) is 15.6. The molecule has 0 N–H and O–H groups in total. The fraction of sp³-hybridized carbons (Fsp3) is 0.861. The van der Waals surface area contributed by atoms with E-state index < -0.39 is 0 Å². The van der Waals surface area contributed by atoms with E-state index in [4.69, 9.17) is 4.74 Å². The average Bonchev–Trinajstić information content (AvgIpc) is 3.12. The summed E-state index contributed by atoms with van der Waals surface area (Å²) in [6.45, 7) is 22.0. The van der Waals surface area contributed by atoms with Crippen molar-refractivity contribution in [2.75, 3.05) is 0 Å². The molecule has 0 unspecified atom stereocenters. The SMILES string of the molecule is CCCCCC(=O)O[C@H]1CC[C@]2(C)[C@H]3CC[C@@]4(C)[C@H]([C@@H](C)CCC=C(C)C)CC[C@]4(C)C3=CC[C@H]2C1(C)C. The monoisotopic (exact) mass is 524 g/mol. The maximum atomic E-state index is 12.7. The van der Waals surface area contributed by atoms with Crippen LogP contribution < -0.4 is 0 Å². The molecule has 0 radical (unpaired) electrons. The molecule has 2 nitrogen and oxygen atoms in total. The van der Waals surface area contributed by atoms with Crippen LogP contribution in [-0.2, 0) is 9.53 Å². The maximum Gasteiger partial charge on any atom is 0.306 e. The Bertz CT molecular complexity index is 922. The highest BCUT2D eigenvalue weighted by molar-refractivity contribution is 5.69. The third kappa shape index (κ3) is 4.98. The summed E-state index contributed by atoms with van der Waals surface area (Å²) < 4.78 is 6.21. The largest absolute Gasteiger partial charge is 0.462 e. The van der Waals surface area contributed by atoms with Crippen molar-refractivity contribution in [2.24, 2.45) is 45.3 Å². The van der Waals surface area contributed by atoms with Gasteiger partial charge in [0.1, 0.15) is 6.10 Å². The maximum absolute atomic E-state index is 12.7. The van der Waals surface area contributed by atoms with Crippen LogP contribution >= 0.6 is 0 Å². The van der Waals surface area contributed by atoms with Crippen LogP contribution in [0.2, 0.25) is 0 Å². The molecule has 0 heterocycles. The van der Waals surface area contributed by atoms with Gasteiger partial charge >= 0.3 is 5.97 Å². The van der Waals surface area contributed by atoms with E-state index in [0.29, 0.717) is 34.5 Å². The first-order valence-electron chi connectivity index (χ1n) is 16.3. The van der Waals surface area contributed by atoms with Crippen molar-refractivity contribution in [1.82, 2.24) is 0 Å². The van der Waals surface area contributed by atoms with E-state index in [1.165, 1.54) is 50.5 Å². The summed E-state index contributed by atoms with van der Waals surface area (Å²) in [6, 6.07) is 0. The van der Waals surface area contributed by atoms with Gasteiger partial charge in [-0.2, -0.15) is 0 Å². The van der Waals surface area contributed by atoms with E-state index >= 15 is 0 Å². The number of ether oxygens (including phenoxy) is 1. The number of esters is 1. The Morgan fingerprint density at radius 3 is 2.47 bits per heavy atom. The van der Waals surface area contributed by atoms with E-state index in [9.17, 15) is 4.79 Å². The minimum atomic E-state index is 0.0226. The predicted octanol–water partition coefficient (Wildman–Crippen LogP) is 10.5. The highest BCUT2D eigenvalue weighted by Crippen LogP contribution is 2.73. The number of hydrogen-bond donors (Lipinski definition) is 0. The van der Waals surface area contributed by atoms with Gasteiger partial charge in [-0.3, -0.25) is 4.79 Å². The summed E-state index contributed by atoms with van der Waals surface area (Å²) in [4.78, 5) is 12.7. The molecule has 3 fully saturated rings. The van der Waals surface area contributed by atoms with Gasteiger partial charge in [0.05, 0.1) is 0 Å². The van der Waals surface area contributed by atoms with Crippen LogP contribution in [-0.4, -0.2) is 12.1 Å². The van der Waals surface area contributed by atoms with Crippen LogP contribution in [0, 0.1) is 45.3 Å². The molecule has 0 aliphatic heterocycles. The van der Waals surface area contributed by atoms with Crippen LogP contribution in [0.3, 0.4) is 0 Å². The quantitative estimate of drug-likeness (QED) is 0.170. The topological polar surface area (TPSA) is 26.3 Å². The molecule has 4 aliphatic carbocycles. The molecule has 216 valence electrons. The molecule has 0 aromatic carbocycles. The molecule has 4 aliphatic rings. The van der Waals surface area contributed by atoms with Gasteiger partial charge in [-0.15, -0.1) is 0 Å². The number of unbranched alkanes of at least 4 members (excludes halogenated alkanes) is 2. The van der Waals surface area contributed by atoms with Crippen molar-refractivity contribution in [3.63, 3.8) is 0 Å². The number of hydrogen-bond acceptors (Lipinski definition) is 2. The average molecular weight is 525 g/mol. The first-order chi connectivity index (χ1) is 17.8. The summed E-state index contributed by atoms with van der Waals surface area (Å²) in [5.41, 5.74) is 4.38. The molecule has 8 atom stereocenters. The minimum Gasteiger partial charge on any atom is -0.462 e. The highest BCUT2D eigenvalue weighted by Gasteiger charge is 2.65. The molecule has 0 aromatic rings. The molecule has 0 spiro atoms. The lowest BCUT2D eigenvalue weighted by Gasteiger charge is -2.64. The highest BCUT2D eigenvalue weighted by atomic mass is 16.5. The Kier molecular flexibility index (Phi) is 8.73. The van der Waals surface area contributed by atoms with Crippen LogP contribution in [0.4, 0.5) is 0 Å². The summed E-state index contributed by atoms with van der Waals surface area (Å²) >= 11 is 0. The van der Waals surface area contributed by atoms with Crippen LogP contribution in [0.1, 0.15) is 146 Å². The number of carbonyl (C=O) groups is 1. The van der Waals surface area contributed by atoms with Gasteiger partial charge in [0.25, 0.3) is 0 Å². The molecule has 0 amide bonds. The van der Waals surface area contributed by atoms with E-state index in [1.807, 2.05) is 5.57 Å². The smallest absolute Gasteiger partial charge is 0.306 e. The molecule has 2 heteroatoms. The number of carbonyl (C=O) groups excluding carboxylic acids is 1. The van der Waals surface area contributed by atoms with Gasteiger partial charge < -0.3 is 4.74 Å². The first kappa shape index (κ1) is 29.9. The van der Waals surface area contributed by atoms with E-state index in [1.54, 1.807) is 0 Å². The normalized spacial score (nSPS) is 40.3. The lowest BCUT2D eigenvalue weighted by Crippen LogP contribution is -2.58. The Labute approximate surface area is 235 Å². The van der Waals surface area contributed by atoms with Crippen molar-refractivity contribution in [2.45, 2.75) is 152 Å². The second-order valence-corrected chi connectivity index (χ2v) is 15.6. The molecule has 4 rings (SSSR count). The van der Waals surface area contributed by atoms with Gasteiger partial charge in [-0.05, 0) is 118 Å². The fourth-order valence-electron chi connectivity index (χ4n) is 10.4. The molecule has 0 bridgehead atoms. The number of fused-ring (bicyclic) bond motifs is 5. The van der Waals surface area contributed by atoms with Gasteiger partial charge in [0, 0.05) is 11.8 Å². The zero-order valence-electron chi connectivity index (χ0n) is 26.6. The molecule has 0 aromatic heterocycles. The summed E-state index contributed by atoms with van der Waals surface area (Å²) in [7, 11) is 0. The van der Waals surface area contributed by atoms with Gasteiger partial charge in [0.2, 0.25) is 0 Å². The lowest BCUT2D eigenvalue weighted by atomic mass is 9.41. The summed E-state index contributed by atoms with van der Waals surface area (Å²) in [6.07, 6.45) is 20.5. The van der Waals surface area contributed by atoms with Crippen molar-refractivity contribution in [3.8, 4) is 0 Å². The standard InChI is InChI=1S/C36H60O2/c1-10-11-12-16-32(37)38-31-21-22-34(7)28-20-24-35(8)27(26(4)15-13-14-25(2)3)19-23-36(35,9)29(28)17-18-30(34)33(31,5)6/h14,17,26-28,30-31H,10-13,15-16,18-24H2,1-9H3/t26-,27-,28-,30-,31-,34+,35-,36+/m0/s1. The number of allylic oxidation sites excluding steroid dienone is 4. The van der Waals surface area contributed by atoms with E-state index in [2.05, 4.69) is 74.5 Å². The van der Waals surface area contributed by atoms with E-state index in [-0.39, 0.29) is 17.5 Å².